The van der Waals surface area contributed by atoms with Crippen LogP contribution in [0.1, 0.15) is 43.7 Å². The molecule has 148 valence electrons. The van der Waals surface area contributed by atoms with Crippen LogP contribution in [0.4, 0.5) is 0 Å². The predicted octanol–water partition coefficient (Wildman–Crippen LogP) is 2.66. The van der Waals surface area contributed by atoms with Gasteiger partial charge >= 0.3 is 0 Å². The first kappa shape index (κ1) is 20.0. The zero-order valence-corrected chi connectivity index (χ0v) is 17.1. The molecule has 7 heteroatoms. The van der Waals surface area contributed by atoms with Crippen LogP contribution in [-0.2, 0) is 11.3 Å². The van der Waals surface area contributed by atoms with E-state index in [9.17, 15) is 0 Å². The third kappa shape index (κ3) is 5.89. The van der Waals surface area contributed by atoms with Crippen LogP contribution in [0.5, 0.6) is 5.75 Å². The summed E-state index contributed by atoms with van der Waals surface area (Å²) in [6.45, 7) is 6.79. The van der Waals surface area contributed by atoms with Crippen LogP contribution in [0.25, 0.3) is 0 Å². The first-order chi connectivity index (χ1) is 13.2. The van der Waals surface area contributed by atoms with Gasteiger partial charge in [0.25, 0.3) is 0 Å². The molecule has 2 aliphatic heterocycles. The molecule has 0 spiro atoms. The fourth-order valence-corrected chi connectivity index (χ4v) is 3.69. The molecule has 0 unspecified atom stereocenters. The molecule has 6 nitrogen and oxygen atoms in total. The van der Waals surface area contributed by atoms with Crippen molar-refractivity contribution in [3.05, 3.63) is 29.3 Å². The average Bonchev–Trinajstić information content (AvgIpc) is 3.38. The van der Waals surface area contributed by atoms with Crippen molar-refractivity contribution in [2.24, 2.45) is 5.10 Å². The van der Waals surface area contributed by atoms with Gasteiger partial charge in [0.05, 0.1) is 18.9 Å². The summed E-state index contributed by atoms with van der Waals surface area (Å²) in [7, 11) is 1.73. The number of benzene rings is 1. The number of hydrogen-bond acceptors (Lipinski definition) is 5. The van der Waals surface area contributed by atoms with E-state index in [1.165, 1.54) is 18.4 Å². The van der Waals surface area contributed by atoms with E-state index in [1.807, 2.05) is 19.1 Å². The van der Waals surface area contributed by atoms with Crippen LogP contribution in [0, 0.1) is 0 Å². The van der Waals surface area contributed by atoms with Gasteiger partial charge < -0.3 is 14.8 Å². The van der Waals surface area contributed by atoms with Crippen molar-refractivity contribution < 1.29 is 9.47 Å². The Balaban J connectivity index is 1.58. The Kier molecular flexibility index (Phi) is 7.43. The highest BCUT2D eigenvalue weighted by Crippen LogP contribution is 2.23. The molecule has 2 fully saturated rings. The van der Waals surface area contributed by atoms with Crippen molar-refractivity contribution in [2.45, 2.75) is 45.3 Å². The highest BCUT2D eigenvalue weighted by atomic mass is 32.1. The quantitative estimate of drug-likeness (QED) is 0.424. The van der Waals surface area contributed by atoms with Crippen molar-refractivity contribution in [1.29, 1.82) is 0 Å². The van der Waals surface area contributed by atoms with Crippen molar-refractivity contribution in [3.63, 3.8) is 0 Å². The third-order valence-electron chi connectivity index (χ3n) is 5.13. The van der Waals surface area contributed by atoms with Crippen molar-refractivity contribution in [1.82, 2.24) is 15.6 Å². The molecule has 1 aromatic rings. The van der Waals surface area contributed by atoms with Crippen molar-refractivity contribution >= 4 is 23.0 Å². The predicted molar refractivity (Wildman–Crippen MR) is 112 cm³/mol. The smallest absolute Gasteiger partial charge is 0.187 e. The van der Waals surface area contributed by atoms with Crippen LogP contribution in [0.15, 0.2) is 23.3 Å². The Morgan fingerprint density at radius 3 is 2.85 bits per heavy atom. The minimum Gasteiger partial charge on any atom is -0.496 e. The lowest BCUT2D eigenvalue weighted by Crippen LogP contribution is -2.37. The molecule has 0 bridgehead atoms. The normalized spacial score (nSPS) is 20.7. The summed E-state index contributed by atoms with van der Waals surface area (Å²) in [5.41, 5.74) is 6.10. The molecule has 0 aromatic heterocycles. The van der Waals surface area contributed by atoms with Gasteiger partial charge in [-0.15, -0.1) is 0 Å². The monoisotopic (exact) mass is 390 g/mol. The van der Waals surface area contributed by atoms with Crippen LogP contribution in [-0.4, -0.2) is 55.2 Å². The fraction of sp³-hybridized carbons (Fsp3) is 0.600. The van der Waals surface area contributed by atoms with E-state index >= 15 is 0 Å². The molecule has 0 aliphatic carbocycles. The first-order valence-electron chi connectivity index (χ1n) is 9.75. The number of likely N-dealkylation sites (tertiary alicyclic amines) is 1. The third-order valence-corrected chi connectivity index (χ3v) is 5.37. The summed E-state index contributed by atoms with van der Waals surface area (Å²) in [6, 6.07) is 6.23. The zero-order valence-electron chi connectivity index (χ0n) is 16.3. The lowest BCUT2D eigenvalue weighted by molar-refractivity contribution is 0.114. The molecule has 1 aromatic carbocycles. The number of methoxy groups -OCH3 is 1. The maximum atomic E-state index is 5.59. The highest BCUT2D eigenvalue weighted by Gasteiger charge is 2.16. The molecule has 0 amide bonds. The number of thiocarbonyl (C=S) groups is 1. The maximum absolute atomic E-state index is 5.59. The lowest BCUT2D eigenvalue weighted by atomic mass is 10.1. The number of hydrogen-bond donors (Lipinski definition) is 2. The van der Waals surface area contributed by atoms with Gasteiger partial charge in [-0.1, -0.05) is 0 Å². The van der Waals surface area contributed by atoms with E-state index in [0.29, 0.717) is 5.11 Å². The van der Waals surface area contributed by atoms with Crippen molar-refractivity contribution in [2.75, 3.05) is 33.4 Å². The van der Waals surface area contributed by atoms with E-state index in [1.54, 1.807) is 7.11 Å². The van der Waals surface area contributed by atoms with Crippen LogP contribution in [0.3, 0.4) is 0 Å². The van der Waals surface area contributed by atoms with E-state index in [-0.39, 0.29) is 6.10 Å². The van der Waals surface area contributed by atoms with Crippen LogP contribution >= 0.6 is 12.2 Å². The maximum Gasteiger partial charge on any atom is 0.187 e. The fourth-order valence-electron chi connectivity index (χ4n) is 3.56. The topological polar surface area (TPSA) is 58.1 Å². The van der Waals surface area contributed by atoms with E-state index in [4.69, 9.17) is 21.7 Å². The van der Waals surface area contributed by atoms with E-state index in [2.05, 4.69) is 26.8 Å². The molecular formula is C20H30N4O2S. The summed E-state index contributed by atoms with van der Waals surface area (Å²) < 4.78 is 11.1. The standard InChI is InChI=1S/C20H30N4O2S/c1-15(22-23-20(27)21-13-18-6-5-11-26-18)16-7-8-19(25-2)17(12-16)14-24-9-3-4-10-24/h7-8,12,18H,3-6,9-11,13-14H2,1-2H3,(H2,21,23,27)/b22-15-/t18-/m1/s1. The molecule has 0 saturated carbocycles. The van der Waals surface area contributed by atoms with Gasteiger partial charge in [0.1, 0.15) is 5.75 Å². The Morgan fingerprint density at radius 1 is 1.33 bits per heavy atom. The van der Waals surface area contributed by atoms with Crippen molar-refractivity contribution in [3.8, 4) is 5.75 Å². The number of rotatable bonds is 7. The second kappa shape index (κ2) is 10.0. The van der Waals surface area contributed by atoms with Gasteiger partial charge in [-0.2, -0.15) is 5.10 Å². The molecular weight excluding hydrogens is 360 g/mol. The summed E-state index contributed by atoms with van der Waals surface area (Å²) >= 11 is 5.31. The Bertz CT molecular complexity index is 668. The summed E-state index contributed by atoms with van der Waals surface area (Å²) in [5, 5.41) is 8.13. The lowest BCUT2D eigenvalue weighted by Gasteiger charge is -2.18. The zero-order chi connectivity index (χ0) is 19.1. The number of nitrogens with zero attached hydrogens (tertiary/aromatic N) is 2. The highest BCUT2D eigenvalue weighted by molar-refractivity contribution is 7.80. The Labute approximate surface area is 167 Å². The van der Waals surface area contributed by atoms with E-state index < -0.39 is 0 Å². The SMILES string of the molecule is COc1ccc(/C(C)=N\NC(=S)NC[C@H]2CCCO2)cc1CN1CCCC1. The minimum atomic E-state index is 0.254. The Hall–Kier alpha value is -1.70. The molecule has 0 radical (unpaired) electrons. The molecule has 2 heterocycles. The Morgan fingerprint density at radius 2 is 2.15 bits per heavy atom. The number of nitrogens with one attached hydrogen (secondary N) is 2. The van der Waals surface area contributed by atoms with Gasteiger partial charge in [-0.25, -0.2) is 0 Å². The second-order valence-corrected chi connectivity index (χ2v) is 7.57. The van der Waals surface area contributed by atoms with Crippen LogP contribution in [0.2, 0.25) is 0 Å². The molecule has 1 atom stereocenters. The molecule has 3 rings (SSSR count). The average molecular weight is 391 g/mol. The summed E-state index contributed by atoms with van der Waals surface area (Å²) in [5.74, 6) is 0.931. The van der Waals surface area contributed by atoms with Gasteiger partial charge in [0.2, 0.25) is 0 Å². The molecule has 2 N–H and O–H groups in total. The van der Waals surface area contributed by atoms with Gasteiger partial charge in [-0.3, -0.25) is 10.3 Å². The number of ether oxygens (including phenoxy) is 2. The van der Waals surface area contributed by atoms with Gasteiger partial charge in [0.15, 0.2) is 5.11 Å². The number of hydrazone groups is 1. The largest absolute Gasteiger partial charge is 0.496 e. The summed E-state index contributed by atoms with van der Waals surface area (Å²) in [6.07, 6.45) is 5.03. The van der Waals surface area contributed by atoms with Gasteiger partial charge in [0, 0.05) is 25.3 Å². The molecule has 27 heavy (non-hydrogen) atoms. The first-order valence-corrected chi connectivity index (χ1v) is 10.2. The van der Waals surface area contributed by atoms with E-state index in [0.717, 1.165) is 62.7 Å². The molecule has 2 saturated heterocycles. The molecule has 2 aliphatic rings. The second-order valence-electron chi connectivity index (χ2n) is 7.16. The van der Waals surface area contributed by atoms with Gasteiger partial charge in [-0.05, 0) is 81.7 Å². The summed E-state index contributed by atoms with van der Waals surface area (Å²) in [4.78, 5) is 2.47. The van der Waals surface area contributed by atoms with Crippen LogP contribution < -0.4 is 15.5 Å². The minimum absolute atomic E-state index is 0.254.